The van der Waals surface area contributed by atoms with E-state index in [0.717, 1.165) is 22.2 Å². The highest BCUT2D eigenvalue weighted by Gasteiger charge is 2.56. The third-order valence-corrected chi connectivity index (χ3v) is 6.42. The number of aromatic nitrogens is 1. The van der Waals surface area contributed by atoms with Gasteiger partial charge in [-0.1, -0.05) is 18.2 Å². The van der Waals surface area contributed by atoms with Crippen molar-refractivity contribution >= 4 is 28.5 Å². The Bertz CT molecular complexity index is 1230. The number of nitrogens with one attached hydrogen (secondary N) is 1. The van der Waals surface area contributed by atoms with E-state index in [4.69, 9.17) is 9.47 Å². The molecular formula is C23H21N3O4. The molecule has 6 rings (SSSR count). The van der Waals surface area contributed by atoms with Crippen LogP contribution in [-0.2, 0) is 16.8 Å². The second-order valence-electron chi connectivity index (χ2n) is 8.46. The summed E-state index contributed by atoms with van der Waals surface area (Å²) in [6.45, 7) is 4.92. The summed E-state index contributed by atoms with van der Waals surface area (Å²) in [5.74, 6) is 0.976. The van der Waals surface area contributed by atoms with Crippen LogP contribution in [0.1, 0.15) is 25.1 Å². The van der Waals surface area contributed by atoms with Gasteiger partial charge in [-0.15, -0.1) is 0 Å². The molecule has 4 heterocycles. The zero-order chi connectivity index (χ0) is 20.6. The molecule has 1 fully saturated rings. The van der Waals surface area contributed by atoms with Gasteiger partial charge in [0.1, 0.15) is 19.3 Å². The maximum atomic E-state index is 13.5. The number of hydrogen-bond donors (Lipinski definition) is 1. The fourth-order valence-corrected chi connectivity index (χ4v) is 5.06. The molecule has 7 heteroatoms. The SMILES string of the molecule is CC1(C)c2[nH]c3ccccc3c2C[C@H]2C(=O)N(c3ccc4c(c3)OCCO4)C(=O)N21. The van der Waals surface area contributed by atoms with Crippen molar-refractivity contribution in [3.05, 3.63) is 53.7 Å². The number of para-hydroxylation sites is 1. The first-order chi connectivity index (χ1) is 14.5. The molecule has 3 aliphatic rings. The fourth-order valence-electron chi connectivity index (χ4n) is 5.06. The standard InChI is InChI=1S/C23H21N3O4/c1-23(2)20-15(14-5-3-4-6-16(14)24-20)12-17-21(27)25(22(28)26(17)23)13-7-8-18-19(11-13)30-10-9-29-18/h3-8,11,17,24H,9-10,12H2,1-2H3/t17-/m0/s1. The van der Waals surface area contributed by atoms with Gasteiger partial charge in [0.15, 0.2) is 11.5 Å². The predicted molar refractivity (Wildman–Crippen MR) is 111 cm³/mol. The van der Waals surface area contributed by atoms with Crippen molar-refractivity contribution in [2.45, 2.75) is 31.8 Å². The molecule has 1 saturated heterocycles. The van der Waals surface area contributed by atoms with Crippen molar-refractivity contribution in [1.29, 1.82) is 0 Å². The summed E-state index contributed by atoms with van der Waals surface area (Å²) in [5.41, 5.74) is 2.99. The number of amides is 3. The molecule has 1 N–H and O–H groups in total. The molecule has 3 aliphatic heterocycles. The molecule has 7 nitrogen and oxygen atoms in total. The minimum atomic E-state index is -0.646. The van der Waals surface area contributed by atoms with Gasteiger partial charge in [0.05, 0.1) is 11.2 Å². The molecule has 30 heavy (non-hydrogen) atoms. The molecule has 0 bridgehead atoms. The number of anilines is 1. The number of aromatic amines is 1. The Hall–Kier alpha value is -3.48. The van der Waals surface area contributed by atoms with Crippen molar-refractivity contribution in [2.24, 2.45) is 0 Å². The number of rotatable bonds is 1. The van der Waals surface area contributed by atoms with E-state index in [1.54, 1.807) is 23.1 Å². The second kappa shape index (κ2) is 5.78. The Balaban J connectivity index is 1.45. The minimum Gasteiger partial charge on any atom is -0.486 e. The Morgan fingerprint density at radius 3 is 2.63 bits per heavy atom. The van der Waals surface area contributed by atoms with E-state index in [9.17, 15) is 9.59 Å². The number of carbonyl (C=O) groups is 2. The van der Waals surface area contributed by atoms with Crippen LogP contribution in [-0.4, -0.2) is 41.1 Å². The van der Waals surface area contributed by atoms with E-state index in [1.165, 1.54) is 4.90 Å². The summed E-state index contributed by atoms with van der Waals surface area (Å²) in [4.78, 5) is 33.4. The molecule has 152 valence electrons. The van der Waals surface area contributed by atoms with Gasteiger partial charge in [-0.3, -0.25) is 4.79 Å². The predicted octanol–water partition coefficient (Wildman–Crippen LogP) is 3.57. The molecular weight excluding hydrogens is 382 g/mol. The van der Waals surface area contributed by atoms with Crippen molar-refractivity contribution in [3.8, 4) is 11.5 Å². The molecule has 1 aromatic heterocycles. The summed E-state index contributed by atoms with van der Waals surface area (Å²) in [7, 11) is 0. The van der Waals surface area contributed by atoms with E-state index in [1.807, 2.05) is 32.0 Å². The Morgan fingerprint density at radius 2 is 1.80 bits per heavy atom. The van der Waals surface area contributed by atoms with Crippen LogP contribution in [0, 0.1) is 0 Å². The molecule has 1 atom stereocenters. The summed E-state index contributed by atoms with van der Waals surface area (Å²) >= 11 is 0. The number of urea groups is 1. The van der Waals surface area contributed by atoms with E-state index in [-0.39, 0.29) is 11.9 Å². The number of fused-ring (bicyclic) bond motifs is 5. The fraction of sp³-hybridized carbons (Fsp3) is 0.304. The normalized spacial score (nSPS) is 21.7. The smallest absolute Gasteiger partial charge is 0.332 e. The Labute approximate surface area is 173 Å². The largest absolute Gasteiger partial charge is 0.486 e. The van der Waals surface area contributed by atoms with Gasteiger partial charge in [-0.25, -0.2) is 9.69 Å². The van der Waals surface area contributed by atoms with Crippen LogP contribution in [0.4, 0.5) is 10.5 Å². The van der Waals surface area contributed by atoms with Crippen LogP contribution in [0.15, 0.2) is 42.5 Å². The topological polar surface area (TPSA) is 74.9 Å². The van der Waals surface area contributed by atoms with Gasteiger partial charge in [0.25, 0.3) is 5.91 Å². The first-order valence-corrected chi connectivity index (χ1v) is 10.1. The lowest BCUT2D eigenvalue weighted by atomic mass is 9.85. The highest BCUT2D eigenvalue weighted by atomic mass is 16.6. The average Bonchev–Trinajstić information content (AvgIpc) is 3.24. The van der Waals surface area contributed by atoms with Crippen LogP contribution < -0.4 is 14.4 Å². The van der Waals surface area contributed by atoms with Crippen molar-refractivity contribution in [1.82, 2.24) is 9.88 Å². The number of benzene rings is 2. The minimum absolute atomic E-state index is 0.208. The van der Waals surface area contributed by atoms with Gasteiger partial charge in [0, 0.05) is 29.1 Å². The molecule has 0 spiro atoms. The summed E-state index contributed by atoms with van der Waals surface area (Å²) in [6, 6.07) is 12.4. The monoisotopic (exact) mass is 403 g/mol. The number of H-pyrrole nitrogens is 1. The quantitative estimate of drug-likeness (QED) is 0.631. The van der Waals surface area contributed by atoms with Crippen LogP contribution >= 0.6 is 0 Å². The molecule has 3 aromatic rings. The second-order valence-corrected chi connectivity index (χ2v) is 8.46. The highest BCUT2D eigenvalue weighted by Crippen LogP contribution is 2.45. The summed E-state index contributed by atoms with van der Waals surface area (Å²) in [6.07, 6.45) is 0.494. The van der Waals surface area contributed by atoms with Gasteiger partial charge >= 0.3 is 6.03 Å². The Morgan fingerprint density at radius 1 is 1.03 bits per heavy atom. The zero-order valence-corrected chi connectivity index (χ0v) is 16.8. The lowest BCUT2D eigenvalue weighted by Gasteiger charge is -2.42. The lowest BCUT2D eigenvalue weighted by molar-refractivity contribution is -0.121. The average molecular weight is 403 g/mol. The van der Waals surface area contributed by atoms with Crippen LogP contribution in [0.2, 0.25) is 0 Å². The van der Waals surface area contributed by atoms with E-state index in [0.29, 0.717) is 36.8 Å². The molecule has 3 amide bonds. The van der Waals surface area contributed by atoms with E-state index in [2.05, 4.69) is 11.1 Å². The van der Waals surface area contributed by atoms with Crippen molar-refractivity contribution in [3.63, 3.8) is 0 Å². The van der Waals surface area contributed by atoms with Crippen LogP contribution in [0.25, 0.3) is 10.9 Å². The van der Waals surface area contributed by atoms with Crippen molar-refractivity contribution in [2.75, 3.05) is 18.1 Å². The number of ether oxygens (including phenoxy) is 2. The first-order valence-electron chi connectivity index (χ1n) is 10.1. The Kier molecular flexibility index (Phi) is 3.35. The highest BCUT2D eigenvalue weighted by molar-refractivity contribution is 6.22. The third kappa shape index (κ3) is 2.15. The number of hydrogen-bond acceptors (Lipinski definition) is 4. The maximum Gasteiger partial charge on any atom is 0.332 e. The summed E-state index contributed by atoms with van der Waals surface area (Å²) < 4.78 is 11.2. The zero-order valence-electron chi connectivity index (χ0n) is 16.8. The van der Waals surface area contributed by atoms with Crippen LogP contribution in [0.5, 0.6) is 11.5 Å². The maximum absolute atomic E-state index is 13.5. The molecule has 2 aromatic carbocycles. The molecule has 0 unspecified atom stereocenters. The summed E-state index contributed by atoms with van der Waals surface area (Å²) in [5, 5.41) is 1.11. The molecule has 0 saturated carbocycles. The van der Waals surface area contributed by atoms with Gasteiger partial charge in [-0.05, 0) is 37.6 Å². The molecule has 0 aliphatic carbocycles. The van der Waals surface area contributed by atoms with E-state index < -0.39 is 11.6 Å². The lowest BCUT2D eigenvalue weighted by Crippen LogP contribution is -2.52. The van der Waals surface area contributed by atoms with Gasteiger partial charge in [0.2, 0.25) is 0 Å². The number of nitrogens with zero attached hydrogens (tertiary/aromatic N) is 2. The van der Waals surface area contributed by atoms with E-state index >= 15 is 0 Å². The molecule has 0 radical (unpaired) electrons. The van der Waals surface area contributed by atoms with Gasteiger partial charge in [-0.2, -0.15) is 0 Å². The number of carbonyl (C=O) groups excluding carboxylic acids is 2. The van der Waals surface area contributed by atoms with Crippen LogP contribution in [0.3, 0.4) is 0 Å². The third-order valence-electron chi connectivity index (χ3n) is 6.42. The van der Waals surface area contributed by atoms with Gasteiger partial charge < -0.3 is 19.4 Å². The number of imide groups is 1. The van der Waals surface area contributed by atoms with Crippen molar-refractivity contribution < 1.29 is 19.1 Å². The first kappa shape index (κ1) is 17.4.